The average molecular weight is 319 g/mol. The van der Waals surface area contributed by atoms with E-state index in [1.165, 1.54) is 0 Å². The second-order valence-electron chi connectivity index (χ2n) is 5.87. The lowest BCUT2D eigenvalue weighted by atomic mass is 10.2. The first-order chi connectivity index (χ1) is 11.0. The molecule has 0 aromatic carbocycles. The Kier molecular flexibility index (Phi) is 4.33. The van der Waals surface area contributed by atoms with Gasteiger partial charge in [0, 0.05) is 25.9 Å². The minimum absolute atomic E-state index is 0.00540. The Labute approximate surface area is 134 Å². The first kappa shape index (κ1) is 15.5. The average Bonchev–Trinajstić information content (AvgIpc) is 3.21. The van der Waals surface area contributed by atoms with Crippen LogP contribution < -0.4 is 5.73 Å². The van der Waals surface area contributed by atoms with E-state index in [1.54, 1.807) is 23.9 Å². The van der Waals surface area contributed by atoms with E-state index < -0.39 is 0 Å². The molecule has 0 spiro atoms. The largest absolute Gasteiger partial charge is 0.382 e. The van der Waals surface area contributed by atoms with Gasteiger partial charge < -0.3 is 19.9 Å². The van der Waals surface area contributed by atoms with Gasteiger partial charge in [0.15, 0.2) is 0 Å². The van der Waals surface area contributed by atoms with Crippen LogP contribution in [0, 0.1) is 6.92 Å². The number of hydrogen-bond donors (Lipinski definition) is 1. The van der Waals surface area contributed by atoms with Gasteiger partial charge in [-0.05, 0) is 19.4 Å². The molecule has 124 valence electrons. The summed E-state index contributed by atoms with van der Waals surface area (Å²) in [6.07, 6.45) is 2.83. The lowest BCUT2D eigenvalue weighted by molar-refractivity contribution is -0.132. The fraction of sp³-hybridized carbons (Fsp3) is 0.533. The van der Waals surface area contributed by atoms with Crippen molar-refractivity contribution < 1.29 is 14.1 Å². The number of likely N-dealkylation sites (tertiary alicyclic amines) is 1. The summed E-state index contributed by atoms with van der Waals surface area (Å²) in [6, 6.07) is 3.55. The summed E-state index contributed by atoms with van der Waals surface area (Å²) in [6.45, 7) is 3.00. The number of aryl methyl sites for hydroxylation is 1. The molecule has 0 radical (unpaired) electrons. The van der Waals surface area contributed by atoms with E-state index in [0.717, 1.165) is 12.1 Å². The third kappa shape index (κ3) is 3.53. The molecule has 1 saturated heterocycles. The van der Waals surface area contributed by atoms with Crippen molar-refractivity contribution in [2.45, 2.75) is 38.5 Å². The molecule has 1 fully saturated rings. The van der Waals surface area contributed by atoms with Crippen LogP contribution in [0.5, 0.6) is 0 Å². The maximum Gasteiger partial charge on any atom is 0.230 e. The number of nitrogens with zero attached hydrogens (tertiary/aromatic N) is 4. The number of anilines is 1. The second kappa shape index (κ2) is 6.41. The number of amides is 1. The van der Waals surface area contributed by atoms with E-state index in [9.17, 15) is 4.79 Å². The lowest BCUT2D eigenvalue weighted by Gasteiger charge is -2.24. The molecule has 2 aromatic heterocycles. The fourth-order valence-corrected chi connectivity index (χ4v) is 2.97. The zero-order valence-electron chi connectivity index (χ0n) is 13.3. The summed E-state index contributed by atoms with van der Waals surface area (Å²) in [5, 5.41) is 8.01. The number of hydrogen-bond acceptors (Lipinski definition) is 6. The summed E-state index contributed by atoms with van der Waals surface area (Å²) in [7, 11) is 1.67. The van der Waals surface area contributed by atoms with Crippen LogP contribution in [-0.2, 0) is 22.5 Å². The SMILES string of the molecule is CO[C@H]1C[C@@H](Cn2ccc(N)n2)N(C(=O)Cc2cc(C)no2)C1. The predicted molar refractivity (Wildman–Crippen MR) is 82.5 cm³/mol. The Bertz CT molecular complexity index is 680. The van der Waals surface area contributed by atoms with Crippen molar-refractivity contribution in [1.82, 2.24) is 19.8 Å². The molecule has 23 heavy (non-hydrogen) atoms. The van der Waals surface area contributed by atoms with Gasteiger partial charge >= 0.3 is 0 Å². The third-order valence-corrected chi connectivity index (χ3v) is 4.09. The minimum Gasteiger partial charge on any atom is -0.382 e. The van der Waals surface area contributed by atoms with Gasteiger partial charge in [0.2, 0.25) is 5.91 Å². The molecule has 3 heterocycles. The maximum atomic E-state index is 12.6. The maximum absolute atomic E-state index is 12.6. The van der Waals surface area contributed by atoms with E-state index in [4.69, 9.17) is 15.0 Å². The standard InChI is InChI=1S/C15H21N5O3/c1-10-5-12(23-18-10)7-15(21)20-9-13(22-2)6-11(20)8-19-4-3-14(16)17-19/h3-5,11,13H,6-9H2,1-2H3,(H2,16,17)/t11-,13-/m0/s1. The van der Waals surface area contributed by atoms with Crippen molar-refractivity contribution in [3.05, 3.63) is 29.8 Å². The number of nitrogens with two attached hydrogens (primary N) is 1. The zero-order chi connectivity index (χ0) is 16.4. The van der Waals surface area contributed by atoms with E-state index in [0.29, 0.717) is 24.7 Å². The Morgan fingerprint density at radius 1 is 1.57 bits per heavy atom. The predicted octanol–water partition coefficient (Wildman–Crippen LogP) is 0.620. The molecule has 8 nitrogen and oxygen atoms in total. The van der Waals surface area contributed by atoms with Crippen molar-refractivity contribution in [2.24, 2.45) is 0 Å². The molecule has 0 aliphatic carbocycles. The van der Waals surface area contributed by atoms with Crippen molar-refractivity contribution in [3.8, 4) is 0 Å². The van der Waals surface area contributed by atoms with Crippen LogP contribution in [0.2, 0.25) is 0 Å². The lowest BCUT2D eigenvalue weighted by Crippen LogP contribution is -2.39. The minimum atomic E-state index is 0.00540. The molecular formula is C15H21N5O3. The number of rotatable bonds is 5. The first-order valence-corrected chi connectivity index (χ1v) is 7.58. The van der Waals surface area contributed by atoms with Gasteiger partial charge in [0.25, 0.3) is 0 Å². The second-order valence-corrected chi connectivity index (χ2v) is 5.87. The van der Waals surface area contributed by atoms with Gasteiger partial charge in [-0.15, -0.1) is 0 Å². The topological polar surface area (TPSA) is 99.4 Å². The van der Waals surface area contributed by atoms with E-state index >= 15 is 0 Å². The first-order valence-electron chi connectivity index (χ1n) is 7.58. The molecule has 0 bridgehead atoms. The third-order valence-electron chi connectivity index (χ3n) is 4.09. The molecule has 1 aliphatic rings. The quantitative estimate of drug-likeness (QED) is 0.867. The Morgan fingerprint density at radius 2 is 2.39 bits per heavy atom. The van der Waals surface area contributed by atoms with Crippen molar-refractivity contribution in [1.29, 1.82) is 0 Å². The summed E-state index contributed by atoms with van der Waals surface area (Å²) < 4.78 is 12.3. The molecule has 0 unspecified atom stereocenters. The summed E-state index contributed by atoms with van der Waals surface area (Å²) in [5.74, 6) is 1.06. The molecule has 2 N–H and O–H groups in total. The van der Waals surface area contributed by atoms with E-state index in [2.05, 4.69) is 10.3 Å². The number of methoxy groups -OCH3 is 1. The van der Waals surface area contributed by atoms with Gasteiger partial charge in [-0.25, -0.2) is 0 Å². The van der Waals surface area contributed by atoms with E-state index in [1.807, 2.05) is 18.0 Å². The van der Waals surface area contributed by atoms with Gasteiger partial charge in [-0.1, -0.05) is 5.16 Å². The number of carbonyl (C=O) groups excluding carboxylic acids is 1. The molecule has 1 aliphatic heterocycles. The zero-order valence-corrected chi connectivity index (χ0v) is 13.3. The van der Waals surface area contributed by atoms with Crippen LogP contribution in [0.1, 0.15) is 17.9 Å². The molecule has 8 heteroatoms. The highest BCUT2D eigenvalue weighted by Gasteiger charge is 2.35. The van der Waals surface area contributed by atoms with Crippen molar-refractivity contribution in [3.63, 3.8) is 0 Å². The van der Waals surface area contributed by atoms with Crippen LogP contribution in [0.3, 0.4) is 0 Å². The monoisotopic (exact) mass is 319 g/mol. The van der Waals surface area contributed by atoms with Crippen LogP contribution in [-0.4, -0.2) is 51.5 Å². The summed E-state index contributed by atoms with van der Waals surface area (Å²) >= 11 is 0. The highest BCUT2D eigenvalue weighted by Crippen LogP contribution is 2.23. The van der Waals surface area contributed by atoms with Gasteiger partial charge in [0.1, 0.15) is 11.6 Å². The van der Waals surface area contributed by atoms with Crippen LogP contribution >= 0.6 is 0 Å². The molecule has 2 atom stereocenters. The summed E-state index contributed by atoms with van der Waals surface area (Å²) in [4.78, 5) is 14.5. The van der Waals surface area contributed by atoms with Crippen molar-refractivity contribution in [2.75, 3.05) is 19.4 Å². The van der Waals surface area contributed by atoms with Crippen LogP contribution in [0.15, 0.2) is 22.9 Å². The Morgan fingerprint density at radius 3 is 3.00 bits per heavy atom. The number of ether oxygens (including phenoxy) is 1. The number of carbonyl (C=O) groups is 1. The van der Waals surface area contributed by atoms with Crippen molar-refractivity contribution >= 4 is 11.7 Å². The van der Waals surface area contributed by atoms with Gasteiger partial charge in [0.05, 0.1) is 30.8 Å². The molecular weight excluding hydrogens is 298 g/mol. The molecule has 1 amide bonds. The molecule has 2 aromatic rings. The highest BCUT2D eigenvalue weighted by molar-refractivity contribution is 5.78. The molecule has 0 saturated carbocycles. The molecule has 3 rings (SSSR count). The number of nitrogen functional groups attached to an aromatic ring is 1. The van der Waals surface area contributed by atoms with Gasteiger partial charge in [-0.3, -0.25) is 9.48 Å². The Balaban J connectivity index is 1.70. The fourth-order valence-electron chi connectivity index (χ4n) is 2.97. The Hall–Kier alpha value is -2.35. The number of aromatic nitrogens is 3. The van der Waals surface area contributed by atoms with Crippen LogP contribution in [0.4, 0.5) is 5.82 Å². The van der Waals surface area contributed by atoms with E-state index in [-0.39, 0.29) is 24.5 Å². The summed E-state index contributed by atoms with van der Waals surface area (Å²) in [5.41, 5.74) is 6.42. The highest BCUT2D eigenvalue weighted by atomic mass is 16.5. The van der Waals surface area contributed by atoms with Crippen LogP contribution in [0.25, 0.3) is 0 Å². The smallest absolute Gasteiger partial charge is 0.230 e. The van der Waals surface area contributed by atoms with Gasteiger partial charge in [-0.2, -0.15) is 5.10 Å². The normalized spacial score (nSPS) is 21.0.